The highest BCUT2D eigenvalue weighted by Gasteiger charge is 2.27. The van der Waals surface area contributed by atoms with E-state index < -0.39 is 24.7 Å². The number of urea groups is 1. The SMILES string of the molecule is CNC(=O)c1cccc(NCC(=O)NC(=O)NCC(F)(F)F)c1C. The minimum absolute atomic E-state index is 0.299. The fourth-order valence-electron chi connectivity index (χ4n) is 1.78. The zero-order chi connectivity index (χ0) is 18.3. The first kappa shape index (κ1) is 19.3. The monoisotopic (exact) mass is 346 g/mol. The van der Waals surface area contributed by atoms with Crippen molar-refractivity contribution in [3.63, 3.8) is 0 Å². The van der Waals surface area contributed by atoms with Crippen molar-refractivity contribution in [2.75, 3.05) is 25.5 Å². The van der Waals surface area contributed by atoms with Gasteiger partial charge in [0.25, 0.3) is 5.91 Å². The second-order valence-corrected chi connectivity index (χ2v) is 4.76. The highest BCUT2D eigenvalue weighted by molar-refractivity contribution is 5.98. The molecule has 0 aliphatic rings. The van der Waals surface area contributed by atoms with Crippen LogP contribution in [0.1, 0.15) is 15.9 Å². The number of halogens is 3. The highest BCUT2D eigenvalue weighted by atomic mass is 19.4. The average molecular weight is 346 g/mol. The molecule has 1 aromatic carbocycles. The molecule has 0 bridgehead atoms. The molecule has 0 fully saturated rings. The lowest BCUT2D eigenvalue weighted by Gasteiger charge is -2.13. The molecule has 0 aromatic heterocycles. The summed E-state index contributed by atoms with van der Waals surface area (Å²) in [6.07, 6.45) is -4.56. The van der Waals surface area contributed by atoms with Crippen LogP contribution in [-0.2, 0) is 4.79 Å². The van der Waals surface area contributed by atoms with Crippen molar-refractivity contribution in [3.05, 3.63) is 29.3 Å². The summed E-state index contributed by atoms with van der Waals surface area (Å²) in [5.74, 6) is -1.12. The molecule has 0 unspecified atom stereocenters. The third-order valence-electron chi connectivity index (χ3n) is 2.95. The van der Waals surface area contributed by atoms with E-state index in [2.05, 4.69) is 10.6 Å². The van der Waals surface area contributed by atoms with Crippen molar-refractivity contribution in [2.24, 2.45) is 0 Å². The summed E-state index contributed by atoms with van der Waals surface area (Å²) in [5, 5.41) is 8.47. The van der Waals surface area contributed by atoms with Crippen LogP contribution >= 0.6 is 0 Å². The number of hydrogen-bond acceptors (Lipinski definition) is 4. The number of rotatable bonds is 5. The van der Waals surface area contributed by atoms with Gasteiger partial charge in [0.2, 0.25) is 5.91 Å². The molecule has 4 N–H and O–H groups in total. The van der Waals surface area contributed by atoms with Crippen molar-refractivity contribution in [2.45, 2.75) is 13.1 Å². The first-order valence-corrected chi connectivity index (χ1v) is 6.84. The van der Waals surface area contributed by atoms with Gasteiger partial charge in [-0.05, 0) is 24.6 Å². The van der Waals surface area contributed by atoms with Crippen molar-refractivity contribution < 1.29 is 27.6 Å². The fraction of sp³-hybridized carbons (Fsp3) is 0.357. The van der Waals surface area contributed by atoms with E-state index in [1.54, 1.807) is 30.4 Å². The number of benzene rings is 1. The maximum atomic E-state index is 11.9. The Morgan fingerprint density at radius 1 is 1.17 bits per heavy atom. The van der Waals surface area contributed by atoms with E-state index in [-0.39, 0.29) is 12.5 Å². The van der Waals surface area contributed by atoms with Crippen LogP contribution in [0.4, 0.5) is 23.7 Å². The predicted molar refractivity (Wildman–Crippen MR) is 80.7 cm³/mol. The van der Waals surface area contributed by atoms with E-state index in [0.29, 0.717) is 16.8 Å². The predicted octanol–water partition coefficient (Wildman–Crippen LogP) is 1.15. The maximum Gasteiger partial charge on any atom is 0.405 e. The first-order valence-electron chi connectivity index (χ1n) is 6.84. The van der Waals surface area contributed by atoms with Gasteiger partial charge in [-0.25, -0.2) is 4.79 Å². The lowest BCUT2D eigenvalue weighted by Crippen LogP contribution is -2.45. The number of alkyl halides is 3. The van der Waals surface area contributed by atoms with Crippen LogP contribution < -0.4 is 21.3 Å². The minimum atomic E-state index is -4.56. The van der Waals surface area contributed by atoms with Crippen molar-refractivity contribution in [3.8, 4) is 0 Å². The number of carbonyl (C=O) groups excluding carboxylic acids is 3. The standard InChI is InChI=1S/C14H17F3N4O3/c1-8-9(12(23)18-2)4-3-5-10(8)19-6-11(22)21-13(24)20-7-14(15,16)17/h3-5,19H,6-7H2,1-2H3,(H,18,23)(H2,20,21,22,24). The lowest BCUT2D eigenvalue weighted by molar-refractivity contribution is -0.124. The summed E-state index contributed by atoms with van der Waals surface area (Å²) >= 11 is 0. The molecule has 0 radical (unpaired) electrons. The van der Waals surface area contributed by atoms with E-state index in [1.165, 1.54) is 12.4 Å². The van der Waals surface area contributed by atoms with Crippen LogP contribution in [0, 0.1) is 6.92 Å². The summed E-state index contributed by atoms with van der Waals surface area (Å²) in [7, 11) is 1.48. The Hall–Kier alpha value is -2.78. The molecule has 0 heterocycles. The minimum Gasteiger partial charge on any atom is -0.376 e. The molecule has 0 saturated heterocycles. The van der Waals surface area contributed by atoms with Crippen molar-refractivity contribution >= 4 is 23.5 Å². The van der Waals surface area contributed by atoms with Crippen molar-refractivity contribution in [1.29, 1.82) is 0 Å². The van der Waals surface area contributed by atoms with Gasteiger partial charge in [-0.3, -0.25) is 14.9 Å². The molecule has 10 heteroatoms. The van der Waals surface area contributed by atoms with Crippen LogP contribution in [0.2, 0.25) is 0 Å². The molecule has 0 atom stereocenters. The van der Waals surface area contributed by atoms with Gasteiger partial charge in [-0.15, -0.1) is 0 Å². The molecule has 1 aromatic rings. The van der Waals surface area contributed by atoms with E-state index in [1.807, 2.05) is 0 Å². The number of amides is 4. The zero-order valence-corrected chi connectivity index (χ0v) is 13.0. The molecule has 0 aliphatic heterocycles. The molecule has 24 heavy (non-hydrogen) atoms. The topological polar surface area (TPSA) is 99.3 Å². The fourth-order valence-corrected chi connectivity index (χ4v) is 1.78. The quantitative estimate of drug-likeness (QED) is 0.643. The van der Waals surface area contributed by atoms with Crippen molar-refractivity contribution in [1.82, 2.24) is 16.0 Å². The van der Waals surface area contributed by atoms with Crippen LogP contribution in [0.15, 0.2) is 18.2 Å². The Morgan fingerprint density at radius 3 is 2.42 bits per heavy atom. The third kappa shape index (κ3) is 6.15. The van der Waals surface area contributed by atoms with Gasteiger partial charge < -0.3 is 16.0 Å². The van der Waals surface area contributed by atoms with E-state index in [0.717, 1.165) is 0 Å². The van der Waals surface area contributed by atoms with E-state index in [4.69, 9.17) is 0 Å². The maximum absolute atomic E-state index is 11.9. The Bertz CT molecular complexity index is 632. The molecule has 1 rings (SSSR count). The van der Waals surface area contributed by atoms with Gasteiger partial charge >= 0.3 is 12.2 Å². The van der Waals surface area contributed by atoms with Gasteiger partial charge in [-0.2, -0.15) is 13.2 Å². The lowest BCUT2D eigenvalue weighted by atomic mass is 10.1. The van der Waals surface area contributed by atoms with Gasteiger partial charge in [0.1, 0.15) is 6.54 Å². The molecular formula is C14H17F3N4O3. The van der Waals surface area contributed by atoms with Crippen LogP contribution in [0.5, 0.6) is 0 Å². The van der Waals surface area contributed by atoms with Gasteiger partial charge in [-0.1, -0.05) is 6.07 Å². The highest BCUT2D eigenvalue weighted by Crippen LogP contribution is 2.18. The third-order valence-corrected chi connectivity index (χ3v) is 2.95. The van der Waals surface area contributed by atoms with E-state index >= 15 is 0 Å². The molecule has 7 nitrogen and oxygen atoms in total. The number of anilines is 1. The molecule has 0 saturated carbocycles. The number of nitrogens with one attached hydrogen (secondary N) is 4. The van der Waals surface area contributed by atoms with Crippen LogP contribution in [0.3, 0.4) is 0 Å². The summed E-state index contributed by atoms with van der Waals surface area (Å²) < 4.78 is 35.8. The number of hydrogen-bond donors (Lipinski definition) is 4. The van der Waals surface area contributed by atoms with Crippen LogP contribution in [0.25, 0.3) is 0 Å². The van der Waals surface area contributed by atoms with Gasteiger partial charge in [0, 0.05) is 18.3 Å². The summed E-state index contributed by atoms with van der Waals surface area (Å²) in [6.45, 7) is -0.217. The largest absolute Gasteiger partial charge is 0.405 e. The van der Waals surface area contributed by atoms with Gasteiger partial charge in [0.15, 0.2) is 0 Å². The van der Waals surface area contributed by atoms with Crippen LogP contribution in [-0.4, -0.2) is 44.2 Å². The molecule has 132 valence electrons. The number of imide groups is 1. The Kier molecular flexibility index (Phi) is 6.57. The zero-order valence-electron chi connectivity index (χ0n) is 13.0. The Labute approximate surface area is 136 Å². The average Bonchev–Trinajstić information content (AvgIpc) is 2.50. The molecule has 4 amide bonds. The normalized spacial score (nSPS) is 10.7. The summed E-state index contributed by atoms with van der Waals surface area (Å²) in [4.78, 5) is 34.3. The second-order valence-electron chi connectivity index (χ2n) is 4.76. The summed E-state index contributed by atoms with van der Waals surface area (Å²) in [5.41, 5.74) is 1.49. The van der Waals surface area contributed by atoms with E-state index in [9.17, 15) is 27.6 Å². The Morgan fingerprint density at radius 2 is 1.83 bits per heavy atom. The Balaban J connectivity index is 2.56. The first-order chi connectivity index (χ1) is 11.1. The second kappa shape index (κ2) is 8.18. The molecular weight excluding hydrogens is 329 g/mol. The van der Waals surface area contributed by atoms with Gasteiger partial charge in [0.05, 0.1) is 6.54 Å². The molecule has 0 aliphatic carbocycles. The number of carbonyl (C=O) groups is 3. The smallest absolute Gasteiger partial charge is 0.376 e. The molecule has 0 spiro atoms. The summed E-state index contributed by atoms with van der Waals surface area (Å²) in [6, 6.07) is 3.59.